The molecule has 0 radical (unpaired) electrons. The van der Waals surface area contributed by atoms with Gasteiger partial charge in [0, 0.05) is 41.3 Å². The molecule has 0 aliphatic carbocycles. The third kappa shape index (κ3) is 2.95. The quantitative estimate of drug-likeness (QED) is 0.685. The van der Waals surface area contributed by atoms with Crippen molar-refractivity contribution in [3.63, 3.8) is 0 Å². The Balaban J connectivity index is 2.40. The van der Waals surface area contributed by atoms with Crippen molar-refractivity contribution in [3.05, 3.63) is 23.8 Å². The lowest BCUT2D eigenvalue weighted by atomic mass is 10.1. The summed E-state index contributed by atoms with van der Waals surface area (Å²) < 4.78 is 0. The molecule has 1 aliphatic heterocycles. The number of piperazine rings is 1. The fourth-order valence-electron chi connectivity index (χ4n) is 2.80. The smallest absolute Gasteiger partial charge is 0.107 e. The molecule has 1 fully saturated rings. The van der Waals surface area contributed by atoms with Crippen molar-refractivity contribution in [2.75, 3.05) is 31.3 Å². The lowest BCUT2D eigenvalue weighted by Gasteiger charge is -2.44. The zero-order valence-electron chi connectivity index (χ0n) is 12.6. The van der Waals surface area contributed by atoms with Gasteiger partial charge in [0.05, 0.1) is 0 Å². The van der Waals surface area contributed by atoms with Crippen molar-refractivity contribution in [1.29, 1.82) is 0 Å². The van der Waals surface area contributed by atoms with Crippen LogP contribution in [-0.4, -0.2) is 48.4 Å². The number of hydrogen-bond acceptors (Lipinski definition) is 4. The van der Waals surface area contributed by atoms with Crippen molar-refractivity contribution in [3.8, 4) is 0 Å². The van der Waals surface area contributed by atoms with Gasteiger partial charge in [-0.2, -0.15) is 0 Å². The van der Waals surface area contributed by atoms with Crippen LogP contribution in [0.15, 0.2) is 23.1 Å². The van der Waals surface area contributed by atoms with Crippen LogP contribution in [0.25, 0.3) is 0 Å². The standard InChI is InChI=1S/C15H23N3S2/c1-10-8-18(9-11(2)17(10)3)12-6-5-7-13(20-4)14(12)15(16)19/h5-7,10-11H,8-9H2,1-4H3,(H2,16,19). The van der Waals surface area contributed by atoms with Gasteiger partial charge in [-0.3, -0.25) is 4.90 Å². The zero-order valence-corrected chi connectivity index (χ0v) is 14.2. The summed E-state index contributed by atoms with van der Waals surface area (Å²) in [5, 5.41) is 0. The summed E-state index contributed by atoms with van der Waals surface area (Å²) in [5.74, 6) is 0. The van der Waals surface area contributed by atoms with Gasteiger partial charge in [0.2, 0.25) is 0 Å². The molecular weight excluding hydrogens is 286 g/mol. The van der Waals surface area contributed by atoms with Gasteiger partial charge in [-0.05, 0) is 39.3 Å². The maximum Gasteiger partial charge on any atom is 0.107 e. The Bertz CT molecular complexity index is 492. The lowest BCUT2D eigenvalue weighted by molar-refractivity contribution is 0.170. The number of nitrogens with zero attached hydrogens (tertiary/aromatic N) is 2. The molecule has 3 nitrogen and oxygen atoms in total. The van der Waals surface area contributed by atoms with E-state index in [1.54, 1.807) is 11.8 Å². The Hall–Kier alpha value is -0.780. The average Bonchev–Trinajstić information content (AvgIpc) is 2.43. The Morgan fingerprint density at radius 2 is 1.90 bits per heavy atom. The second kappa shape index (κ2) is 6.33. The Kier molecular flexibility index (Phi) is 4.94. The molecule has 1 aromatic rings. The van der Waals surface area contributed by atoms with Crippen molar-refractivity contribution in [2.45, 2.75) is 30.8 Å². The van der Waals surface area contributed by atoms with Gasteiger partial charge in [0.15, 0.2) is 0 Å². The van der Waals surface area contributed by atoms with Gasteiger partial charge < -0.3 is 10.6 Å². The molecule has 1 aliphatic rings. The van der Waals surface area contributed by atoms with Crippen LogP contribution in [0, 0.1) is 0 Å². The van der Waals surface area contributed by atoms with Crippen LogP contribution in [0.1, 0.15) is 19.4 Å². The third-order valence-corrected chi connectivity index (χ3v) is 5.16. The summed E-state index contributed by atoms with van der Waals surface area (Å²) in [6.07, 6.45) is 2.07. The summed E-state index contributed by atoms with van der Waals surface area (Å²) in [7, 11) is 2.19. The number of thiocarbonyl (C=S) groups is 1. The first-order valence-electron chi connectivity index (χ1n) is 6.89. The van der Waals surface area contributed by atoms with Crippen LogP contribution in [0.2, 0.25) is 0 Å². The number of thioether (sulfide) groups is 1. The summed E-state index contributed by atoms with van der Waals surface area (Å²) in [4.78, 5) is 6.50. The SMILES string of the molecule is CSc1cccc(N2CC(C)N(C)C(C)C2)c1C(N)=S. The van der Waals surface area contributed by atoms with Gasteiger partial charge in [0.25, 0.3) is 0 Å². The number of nitrogens with two attached hydrogens (primary N) is 1. The molecule has 2 rings (SSSR count). The maximum atomic E-state index is 5.98. The topological polar surface area (TPSA) is 32.5 Å². The largest absolute Gasteiger partial charge is 0.389 e. The van der Waals surface area contributed by atoms with E-state index in [0.717, 1.165) is 23.5 Å². The molecule has 0 saturated carbocycles. The Labute approximate surface area is 131 Å². The van der Waals surface area contributed by atoms with E-state index in [9.17, 15) is 0 Å². The van der Waals surface area contributed by atoms with Crippen LogP contribution in [0.4, 0.5) is 5.69 Å². The van der Waals surface area contributed by atoms with Crippen molar-refractivity contribution < 1.29 is 0 Å². The minimum absolute atomic E-state index is 0.490. The van der Waals surface area contributed by atoms with E-state index >= 15 is 0 Å². The van der Waals surface area contributed by atoms with E-state index in [1.807, 2.05) is 0 Å². The van der Waals surface area contributed by atoms with Gasteiger partial charge in [-0.1, -0.05) is 18.3 Å². The predicted molar refractivity (Wildman–Crippen MR) is 93.0 cm³/mol. The van der Waals surface area contributed by atoms with Crippen molar-refractivity contribution >= 4 is 34.7 Å². The fourth-order valence-corrected chi connectivity index (χ4v) is 3.71. The molecule has 2 atom stereocenters. The van der Waals surface area contributed by atoms with Crippen LogP contribution in [-0.2, 0) is 0 Å². The maximum absolute atomic E-state index is 5.98. The summed E-state index contributed by atoms with van der Waals surface area (Å²) >= 11 is 6.98. The second-order valence-corrected chi connectivity index (χ2v) is 6.78. The molecule has 5 heteroatoms. The molecule has 0 bridgehead atoms. The van der Waals surface area contributed by atoms with Crippen LogP contribution in [0.3, 0.4) is 0 Å². The van der Waals surface area contributed by atoms with Gasteiger partial charge in [0.1, 0.15) is 4.99 Å². The van der Waals surface area contributed by atoms with E-state index in [-0.39, 0.29) is 0 Å². The molecule has 20 heavy (non-hydrogen) atoms. The molecule has 0 spiro atoms. The van der Waals surface area contributed by atoms with Gasteiger partial charge >= 0.3 is 0 Å². The first kappa shape index (κ1) is 15.6. The van der Waals surface area contributed by atoms with Crippen LogP contribution >= 0.6 is 24.0 Å². The van der Waals surface area contributed by atoms with Crippen molar-refractivity contribution in [1.82, 2.24) is 4.90 Å². The zero-order chi connectivity index (χ0) is 14.9. The molecule has 110 valence electrons. The molecule has 2 N–H and O–H groups in total. The normalized spacial score (nSPS) is 23.9. The summed E-state index contributed by atoms with van der Waals surface area (Å²) in [6.45, 7) is 6.55. The van der Waals surface area contributed by atoms with E-state index in [2.05, 4.69) is 55.1 Å². The molecule has 1 heterocycles. The lowest BCUT2D eigenvalue weighted by Crippen LogP contribution is -2.55. The Morgan fingerprint density at radius 1 is 1.30 bits per heavy atom. The van der Waals surface area contributed by atoms with E-state index in [4.69, 9.17) is 18.0 Å². The van der Waals surface area contributed by atoms with Crippen LogP contribution < -0.4 is 10.6 Å². The average molecular weight is 310 g/mol. The van der Waals surface area contributed by atoms with Crippen molar-refractivity contribution in [2.24, 2.45) is 5.73 Å². The minimum atomic E-state index is 0.490. The molecule has 0 aromatic heterocycles. The fraction of sp³-hybridized carbons (Fsp3) is 0.533. The number of anilines is 1. The summed E-state index contributed by atoms with van der Waals surface area (Å²) in [6, 6.07) is 7.37. The number of hydrogen-bond donors (Lipinski definition) is 1. The van der Waals surface area contributed by atoms with Crippen LogP contribution in [0.5, 0.6) is 0 Å². The first-order chi connectivity index (χ1) is 9.45. The molecule has 1 aromatic carbocycles. The third-order valence-electron chi connectivity index (χ3n) is 4.17. The summed E-state index contributed by atoms with van der Waals surface area (Å²) in [5.41, 5.74) is 8.18. The first-order valence-corrected chi connectivity index (χ1v) is 8.52. The highest BCUT2D eigenvalue weighted by atomic mass is 32.2. The van der Waals surface area contributed by atoms with E-state index in [1.165, 1.54) is 5.69 Å². The van der Waals surface area contributed by atoms with Gasteiger partial charge in [-0.15, -0.1) is 11.8 Å². The number of benzene rings is 1. The molecular formula is C15H23N3S2. The minimum Gasteiger partial charge on any atom is -0.389 e. The van der Waals surface area contributed by atoms with Gasteiger partial charge in [-0.25, -0.2) is 0 Å². The molecule has 2 unspecified atom stereocenters. The number of likely N-dealkylation sites (N-methyl/N-ethyl adjacent to an activating group) is 1. The van der Waals surface area contributed by atoms with E-state index < -0.39 is 0 Å². The number of rotatable bonds is 3. The second-order valence-electron chi connectivity index (χ2n) is 5.49. The highest BCUT2D eigenvalue weighted by Gasteiger charge is 2.28. The highest BCUT2D eigenvalue weighted by molar-refractivity contribution is 7.98. The molecule has 1 saturated heterocycles. The Morgan fingerprint density at radius 3 is 2.40 bits per heavy atom. The monoisotopic (exact) mass is 309 g/mol. The highest BCUT2D eigenvalue weighted by Crippen LogP contribution is 2.31. The van der Waals surface area contributed by atoms with E-state index in [0.29, 0.717) is 17.1 Å². The molecule has 0 amide bonds. The predicted octanol–water partition coefficient (Wildman–Crippen LogP) is 2.57.